The molecule has 2 fully saturated rings. The maximum atomic E-state index is 3.77. The van der Waals surface area contributed by atoms with Crippen molar-refractivity contribution in [1.29, 1.82) is 0 Å². The molecule has 0 spiro atoms. The van der Waals surface area contributed by atoms with Crippen LogP contribution < -0.4 is 0 Å². The summed E-state index contributed by atoms with van der Waals surface area (Å²) in [6.07, 6.45) is 6.52. The molecule has 152 valence electrons. The lowest BCUT2D eigenvalue weighted by molar-refractivity contribution is 0.129. The van der Waals surface area contributed by atoms with Gasteiger partial charge < -0.3 is 4.98 Å². The molecule has 0 amide bonds. The van der Waals surface area contributed by atoms with E-state index in [1.807, 2.05) is 11.3 Å². The minimum atomic E-state index is 0.645. The van der Waals surface area contributed by atoms with E-state index in [0.29, 0.717) is 5.92 Å². The molecule has 2 aromatic heterocycles. The predicted molar refractivity (Wildman–Crippen MR) is 127 cm³/mol. The Morgan fingerprint density at radius 3 is 2.43 bits per heavy atom. The van der Waals surface area contributed by atoms with Crippen LogP contribution in [0.1, 0.15) is 42.7 Å². The summed E-state index contributed by atoms with van der Waals surface area (Å²) in [5.74, 6) is 0.645. The van der Waals surface area contributed by atoms with Gasteiger partial charge in [0.2, 0.25) is 0 Å². The van der Waals surface area contributed by atoms with Crippen LogP contribution in [0.2, 0.25) is 0 Å². The second-order valence-corrected chi connectivity index (χ2v) is 9.78. The Kier molecular flexibility index (Phi) is 4.74. The van der Waals surface area contributed by atoms with Gasteiger partial charge in [0.15, 0.2) is 0 Å². The van der Waals surface area contributed by atoms with Gasteiger partial charge in [0.25, 0.3) is 0 Å². The summed E-state index contributed by atoms with van der Waals surface area (Å²) in [5, 5.41) is 5.94. The Morgan fingerprint density at radius 1 is 0.900 bits per heavy atom. The summed E-state index contributed by atoms with van der Waals surface area (Å²) in [6.45, 7) is 1.22. The van der Waals surface area contributed by atoms with Crippen LogP contribution in [0.3, 0.4) is 0 Å². The van der Waals surface area contributed by atoms with Crippen molar-refractivity contribution in [3.05, 3.63) is 82.6 Å². The first-order valence-electron chi connectivity index (χ1n) is 11.3. The number of hydrogen-bond acceptors (Lipinski definition) is 2. The number of piperidine rings is 1. The van der Waals surface area contributed by atoms with Gasteiger partial charge in [-0.1, -0.05) is 48.5 Å². The normalized spacial score (nSPS) is 23.9. The standard InChI is InChI=1S/C27H28N2S/c1-2-6-20(7-3-1)27-26(24-8-4-5-9-25(24)28-27)21-16-22-10-11-23(17-21)29(22)14-12-19-13-15-30-18-19/h1-9,13,15,18,21-23,28H,10-12,14,16-17H2. The zero-order chi connectivity index (χ0) is 19.9. The van der Waals surface area contributed by atoms with Crippen molar-refractivity contribution < 1.29 is 0 Å². The average Bonchev–Trinajstić information content (AvgIpc) is 3.49. The molecule has 4 heterocycles. The average molecular weight is 413 g/mol. The van der Waals surface area contributed by atoms with Crippen molar-refractivity contribution in [3.63, 3.8) is 0 Å². The molecular formula is C27H28N2S. The second kappa shape index (κ2) is 7.72. The molecule has 2 atom stereocenters. The van der Waals surface area contributed by atoms with Crippen LogP contribution in [0.25, 0.3) is 22.2 Å². The molecule has 0 radical (unpaired) electrons. The Labute approximate surface area is 182 Å². The van der Waals surface area contributed by atoms with Crippen LogP contribution in [-0.4, -0.2) is 28.5 Å². The van der Waals surface area contributed by atoms with Crippen molar-refractivity contribution in [1.82, 2.24) is 9.88 Å². The van der Waals surface area contributed by atoms with Crippen LogP contribution in [0.4, 0.5) is 0 Å². The molecule has 0 aliphatic carbocycles. The minimum absolute atomic E-state index is 0.645. The highest BCUT2D eigenvalue weighted by atomic mass is 32.1. The molecule has 1 N–H and O–H groups in total. The van der Waals surface area contributed by atoms with Crippen LogP contribution in [-0.2, 0) is 6.42 Å². The fourth-order valence-corrected chi connectivity index (χ4v) is 6.69. The number of benzene rings is 2. The van der Waals surface area contributed by atoms with Crippen molar-refractivity contribution >= 4 is 22.2 Å². The number of nitrogens with one attached hydrogen (secondary N) is 1. The van der Waals surface area contributed by atoms with Gasteiger partial charge in [-0.25, -0.2) is 0 Å². The summed E-state index contributed by atoms with van der Waals surface area (Å²) in [7, 11) is 0. The molecule has 2 aliphatic rings. The highest BCUT2D eigenvalue weighted by Gasteiger charge is 2.41. The molecule has 2 unspecified atom stereocenters. The van der Waals surface area contributed by atoms with Crippen molar-refractivity contribution in [2.45, 2.75) is 50.1 Å². The quantitative estimate of drug-likeness (QED) is 0.380. The monoisotopic (exact) mass is 412 g/mol. The highest BCUT2D eigenvalue weighted by molar-refractivity contribution is 7.07. The number of H-pyrrole nitrogens is 1. The number of hydrogen-bond donors (Lipinski definition) is 1. The topological polar surface area (TPSA) is 19.0 Å². The van der Waals surface area contributed by atoms with Crippen molar-refractivity contribution in [3.8, 4) is 11.3 Å². The van der Waals surface area contributed by atoms with Gasteiger partial charge in [0, 0.05) is 35.2 Å². The zero-order valence-corrected chi connectivity index (χ0v) is 18.1. The Hall–Kier alpha value is -2.36. The van der Waals surface area contributed by atoms with E-state index in [1.165, 1.54) is 66.4 Å². The Bertz CT molecular complexity index is 1110. The van der Waals surface area contributed by atoms with E-state index in [1.54, 1.807) is 5.56 Å². The molecular weight excluding hydrogens is 384 g/mol. The molecule has 2 bridgehead atoms. The Balaban J connectivity index is 1.32. The summed E-state index contributed by atoms with van der Waals surface area (Å²) in [4.78, 5) is 6.61. The molecule has 4 aromatic rings. The summed E-state index contributed by atoms with van der Waals surface area (Å²) in [5.41, 5.74) is 7.00. The number of thiophene rings is 1. The van der Waals surface area contributed by atoms with E-state index >= 15 is 0 Å². The summed E-state index contributed by atoms with van der Waals surface area (Å²) in [6, 6.07) is 23.6. The van der Waals surface area contributed by atoms with Crippen molar-refractivity contribution in [2.75, 3.05) is 6.54 Å². The summed E-state index contributed by atoms with van der Waals surface area (Å²) >= 11 is 1.82. The number of rotatable bonds is 5. The smallest absolute Gasteiger partial charge is 0.0500 e. The third-order valence-corrected chi connectivity index (χ3v) is 8.07. The number of aromatic amines is 1. The molecule has 2 aromatic carbocycles. The fourth-order valence-electron chi connectivity index (χ4n) is 5.99. The van der Waals surface area contributed by atoms with E-state index in [0.717, 1.165) is 12.1 Å². The summed E-state index contributed by atoms with van der Waals surface area (Å²) < 4.78 is 0. The van der Waals surface area contributed by atoms with E-state index in [9.17, 15) is 0 Å². The van der Waals surface area contributed by atoms with E-state index in [-0.39, 0.29) is 0 Å². The van der Waals surface area contributed by atoms with Crippen LogP contribution in [0, 0.1) is 0 Å². The molecule has 2 aliphatic heterocycles. The minimum Gasteiger partial charge on any atom is -0.354 e. The molecule has 2 saturated heterocycles. The number of aromatic nitrogens is 1. The van der Waals surface area contributed by atoms with Gasteiger partial charge in [-0.2, -0.15) is 11.3 Å². The third-order valence-electron chi connectivity index (χ3n) is 7.34. The lowest BCUT2D eigenvalue weighted by Crippen LogP contribution is -2.43. The Morgan fingerprint density at radius 2 is 1.67 bits per heavy atom. The van der Waals surface area contributed by atoms with Crippen LogP contribution >= 0.6 is 11.3 Å². The first-order chi connectivity index (χ1) is 14.9. The van der Waals surface area contributed by atoms with Gasteiger partial charge in [-0.15, -0.1) is 0 Å². The van der Waals surface area contributed by atoms with E-state index in [2.05, 4.69) is 81.3 Å². The zero-order valence-electron chi connectivity index (χ0n) is 17.3. The van der Waals surface area contributed by atoms with Gasteiger partial charge in [0.1, 0.15) is 0 Å². The van der Waals surface area contributed by atoms with Crippen LogP contribution in [0.15, 0.2) is 71.4 Å². The SMILES string of the molecule is c1ccc(-c2[nH]c3ccccc3c2C2CC3CCC(C2)N3CCc2ccsc2)cc1. The largest absolute Gasteiger partial charge is 0.354 e. The van der Waals surface area contributed by atoms with E-state index < -0.39 is 0 Å². The van der Waals surface area contributed by atoms with Gasteiger partial charge >= 0.3 is 0 Å². The van der Waals surface area contributed by atoms with Crippen LogP contribution in [0.5, 0.6) is 0 Å². The first-order valence-corrected chi connectivity index (χ1v) is 12.2. The van der Waals surface area contributed by atoms with Gasteiger partial charge in [-0.3, -0.25) is 4.90 Å². The third kappa shape index (κ3) is 3.21. The first kappa shape index (κ1) is 18.4. The maximum Gasteiger partial charge on any atom is 0.0500 e. The molecule has 2 nitrogen and oxygen atoms in total. The number of nitrogens with zero attached hydrogens (tertiary/aromatic N) is 1. The fraction of sp³-hybridized carbons (Fsp3) is 0.333. The molecule has 0 saturated carbocycles. The predicted octanol–water partition coefficient (Wildman–Crippen LogP) is 6.85. The lowest BCUT2D eigenvalue weighted by atomic mass is 9.82. The number of fused-ring (bicyclic) bond motifs is 3. The van der Waals surface area contributed by atoms with Gasteiger partial charge in [-0.05, 0) is 77.6 Å². The van der Waals surface area contributed by atoms with E-state index in [4.69, 9.17) is 0 Å². The maximum absolute atomic E-state index is 3.77. The molecule has 3 heteroatoms. The lowest BCUT2D eigenvalue weighted by Gasteiger charge is -2.39. The second-order valence-electron chi connectivity index (χ2n) is 9.00. The van der Waals surface area contributed by atoms with Crippen molar-refractivity contribution in [2.24, 2.45) is 0 Å². The molecule has 6 rings (SSSR count). The molecule has 30 heavy (non-hydrogen) atoms. The highest BCUT2D eigenvalue weighted by Crippen LogP contribution is 2.47. The number of para-hydroxylation sites is 1. The van der Waals surface area contributed by atoms with Gasteiger partial charge in [0.05, 0.1) is 0 Å².